The van der Waals surface area contributed by atoms with Crippen molar-refractivity contribution >= 4 is 11.9 Å². The Hall–Kier alpha value is -3.35. The van der Waals surface area contributed by atoms with Gasteiger partial charge in [0.1, 0.15) is 0 Å². The predicted molar refractivity (Wildman–Crippen MR) is 109 cm³/mol. The number of anilines is 1. The van der Waals surface area contributed by atoms with Crippen LogP contribution < -0.4 is 5.32 Å². The van der Waals surface area contributed by atoms with Gasteiger partial charge in [-0.1, -0.05) is 18.2 Å². The fourth-order valence-electron chi connectivity index (χ4n) is 4.50. The van der Waals surface area contributed by atoms with Crippen molar-refractivity contribution < 1.29 is 4.79 Å². The molecular formula is C22H22N6O. The molecule has 2 aliphatic rings. The second-order valence-electron chi connectivity index (χ2n) is 7.82. The first-order valence-corrected chi connectivity index (χ1v) is 9.91. The highest BCUT2D eigenvalue weighted by Crippen LogP contribution is 2.40. The van der Waals surface area contributed by atoms with Crippen LogP contribution in [0.15, 0.2) is 55.1 Å². The predicted octanol–water partition coefficient (Wildman–Crippen LogP) is 2.96. The number of piperidine rings is 1. The lowest BCUT2D eigenvalue weighted by molar-refractivity contribution is 0.0692. The Kier molecular flexibility index (Phi) is 4.42. The average molecular weight is 386 g/mol. The molecule has 2 bridgehead atoms. The third kappa shape index (κ3) is 3.33. The zero-order valence-electron chi connectivity index (χ0n) is 16.2. The van der Waals surface area contributed by atoms with E-state index in [1.54, 1.807) is 18.5 Å². The first-order chi connectivity index (χ1) is 14.2. The van der Waals surface area contributed by atoms with Crippen LogP contribution in [0.4, 0.5) is 5.95 Å². The molecule has 1 aromatic carbocycles. The van der Waals surface area contributed by atoms with Crippen molar-refractivity contribution in [3.05, 3.63) is 66.2 Å². The van der Waals surface area contributed by atoms with Crippen molar-refractivity contribution in [1.82, 2.24) is 24.8 Å². The Bertz CT molecular complexity index is 1020. The van der Waals surface area contributed by atoms with Crippen LogP contribution in [0.25, 0.3) is 11.4 Å². The largest absolute Gasteiger partial charge is 0.349 e. The Morgan fingerprint density at radius 2 is 1.79 bits per heavy atom. The first-order valence-electron chi connectivity index (χ1n) is 9.91. The summed E-state index contributed by atoms with van der Waals surface area (Å²) in [5.41, 5.74) is 2.45. The molecule has 1 amide bonds. The molecule has 3 atom stereocenters. The number of aromatic nitrogens is 4. The Morgan fingerprint density at radius 1 is 1.03 bits per heavy atom. The van der Waals surface area contributed by atoms with E-state index in [-0.39, 0.29) is 18.0 Å². The number of carbonyl (C=O) groups excluding carboxylic acids is 1. The summed E-state index contributed by atoms with van der Waals surface area (Å²) in [7, 11) is 0. The Labute approximate surface area is 169 Å². The summed E-state index contributed by atoms with van der Waals surface area (Å²) >= 11 is 0. The standard InChI is InChI=1S/C22H22N6O/c1-14-11-25-22(26-12-14)27-18-9-15-10-19(18)28(13-15)21(29)17-6-3-2-5-16(17)20-23-7-4-8-24-20/h2-8,11-12,15,18-19H,9-10,13H2,1H3,(H,25,26,27). The number of hydrogen-bond donors (Lipinski definition) is 1. The minimum absolute atomic E-state index is 0.0388. The number of amides is 1. The summed E-state index contributed by atoms with van der Waals surface area (Å²) in [6, 6.07) is 9.67. The van der Waals surface area contributed by atoms with Crippen molar-refractivity contribution in [3.8, 4) is 11.4 Å². The van der Waals surface area contributed by atoms with E-state index in [2.05, 4.69) is 25.3 Å². The van der Waals surface area contributed by atoms with Crippen molar-refractivity contribution in [2.75, 3.05) is 11.9 Å². The molecule has 3 unspecified atom stereocenters. The topological polar surface area (TPSA) is 83.9 Å². The van der Waals surface area contributed by atoms with Crippen LogP contribution in [0, 0.1) is 12.8 Å². The van der Waals surface area contributed by atoms with Gasteiger partial charge in [-0.25, -0.2) is 19.9 Å². The number of rotatable bonds is 4. The molecule has 1 aliphatic heterocycles. The molecule has 1 aliphatic carbocycles. The summed E-state index contributed by atoms with van der Waals surface area (Å²) in [5.74, 6) is 1.74. The molecule has 2 aromatic heterocycles. The van der Waals surface area contributed by atoms with Gasteiger partial charge >= 0.3 is 0 Å². The van der Waals surface area contributed by atoms with Gasteiger partial charge in [-0.3, -0.25) is 4.79 Å². The number of nitrogens with zero attached hydrogens (tertiary/aromatic N) is 5. The normalized spacial score (nSPS) is 22.7. The highest BCUT2D eigenvalue weighted by atomic mass is 16.2. The van der Waals surface area contributed by atoms with Gasteiger partial charge in [-0.15, -0.1) is 0 Å². The maximum absolute atomic E-state index is 13.5. The van der Waals surface area contributed by atoms with Crippen molar-refractivity contribution in [2.45, 2.75) is 31.8 Å². The van der Waals surface area contributed by atoms with E-state index in [0.29, 0.717) is 23.3 Å². The fourth-order valence-corrected chi connectivity index (χ4v) is 4.50. The molecule has 1 saturated heterocycles. The molecule has 1 saturated carbocycles. The summed E-state index contributed by atoms with van der Waals surface area (Å²) in [4.78, 5) is 32.9. The van der Waals surface area contributed by atoms with E-state index in [9.17, 15) is 4.79 Å². The van der Waals surface area contributed by atoms with Crippen LogP contribution in [-0.2, 0) is 0 Å². The molecule has 2 fully saturated rings. The molecular weight excluding hydrogens is 364 g/mol. The summed E-state index contributed by atoms with van der Waals surface area (Å²) in [6.07, 6.45) is 9.06. The molecule has 146 valence electrons. The van der Waals surface area contributed by atoms with Gasteiger partial charge in [0, 0.05) is 42.9 Å². The SMILES string of the molecule is Cc1cnc(NC2CC3CC2N(C(=O)c2ccccc2-c2ncccn2)C3)nc1. The van der Waals surface area contributed by atoms with Gasteiger partial charge in [0.2, 0.25) is 5.95 Å². The lowest BCUT2D eigenvalue weighted by atomic mass is 10.0. The number of carbonyl (C=O) groups is 1. The molecule has 7 nitrogen and oxygen atoms in total. The number of fused-ring (bicyclic) bond motifs is 2. The number of nitrogens with one attached hydrogen (secondary N) is 1. The van der Waals surface area contributed by atoms with Crippen molar-refractivity contribution in [2.24, 2.45) is 5.92 Å². The van der Waals surface area contributed by atoms with Crippen LogP contribution >= 0.6 is 0 Å². The minimum Gasteiger partial charge on any atom is -0.349 e. The lowest BCUT2D eigenvalue weighted by Crippen LogP contribution is -2.48. The number of benzene rings is 1. The highest BCUT2D eigenvalue weighted by molar-refractivity contribution is 6.00. The quantitative estimate of drug-likeness (QED) is 0.742. The molecule has 3 aromatic rings. The van der Waals surface area contributed by atoms with E-state index in [1.807, 2.05) is 48.5 Å². The minimum atomic E-state index is 0.0388. The molecule has 5 rings (SSSR count). The number of likely N-dealkylation sites (tertiary alicyclic amines) is 1. The van der Waals surface area contributed by atoms with Gasteiger partial charge in [0.05, 0.1) is 11.6 Å². The Morgan fingerprint density at radius 3 is 2.55 bits per heavy atom. The van der Waals surface area contributed by atoms with Crippen molar-refractivity contribution in [1.29, 1.82) is 0 Å². The van der Waals surface area contributed by atoms with E-state index in [4.69, 9.17) is 0 Å². The first kappa shape index (κ1) is 17.7. The zero-order valence-corrected chi connectivity index (χ0v) is 16.2. The van der Waals surface area contributed by atoms with E-state index >= 15 is 0 Å². The van der Waals surface area contributed by atoms with Crippen LogP contribution in [-0.4, -0.2) is 49.4 Å². The molecule has 0 spiro atoms. The molecule has 0 radical (unpaired) electrons. The van der Waals surface area contributed by atoms with Gasteiger partial charge in [-0.2, -0.15) is 0 Å². The average Bonchev–Trinajstić information content (AvgIpc) is 3.36. The maximum Gasteiger partial charge on any atom is 0.254 e. The molecule has 1 N–H and O–H groups in total. The highest BCUT2D eigenvalue weighted by Gasteiger charge is 2.47. The summed E-state index contributed by atoms with van der Waals surface area (Å²) < 4.78 is 0. The van der Waals surface area contributed by atoms with E-state index in [0.717, 1.165) is 30.5 Å². The monoisotopic (exact) mass is 386 g/mol. The number of hydrogen-bond acceptors (Lipinski definition) is 6. The van der Waals surface area contributed by atoms with Crippen LogP contribution in [0.1, 0.15) is 28.8 Å². The lowest BCUT2D eigenvalue weighted by Gasteiger charge is -2.34. The van der Waals surface area contributed by atoms with Crippen LogP contribution in [0.3, 0.4) is 0 Å². The van der Waals surface area contributed by atoms with Crippen molar-refractivity contribution in [3.63, 3.8) is 0 Å². The summed E-state index contributed by atoms with van der Waals surface area (Å²) in [6.45, 7) is 2.76. The molecule has 7 heteroatoms. The second kappa shape index (κ2) is 7.24. The van der Waals surface area contributed by atoms with Crippen LogP contribution in [0.5, 0.6) is 0 Å². The van der Waals surface area contributed by atoms with Gasteiger partial charge < -0.3 is 10.2 Å². The van der Waals surface area contributed by atoms with Gasteiger partial charge in [-0.05, 0) is 43.4 Å². The van der Waals surface area contributed by atoms with Crippen LogP contribution in [0.2, 0.25) is 0 Å². The molecule has 3 heterocycles. The fraction of sp³-hybridized carbons (Fsp3) is 0.318. The summed E-state index contributed by atoms with van der Waals surface area (Å²) in [5, 5.41) is 3.44. The number of aryl methyl sites for hydroxylation is 1. The maximum atomic E-state index is 13.5. The van der Waals surface area contributed by atoms with E-state index in [1.165, 1.54) is 0 Å². The Balaban J connectivity index is 1.39. The smallest absolute Gasteiger partial charge is 0.254 e. The molecule has 29 heavy (non-hydrogen) atoms. The second-order valence-corrected chi connectivity index (χ2v) is 7.82. The van der Waals surface area contributed by atoms with Gasteiger partial charge in [0.15, 0.2) is 5.82 Å². The van der Waals surface area contributed by atoms with Gasteiger partial charge in [0.25, 0.3) is 5.91 Å². The zero-order chi connectivity index (χ0) is 19.8. The van der Waals surface area contributed by atoms with E-state index < -0.39 is 0 Å². The third-order valence-corrected chi connectivity index (χ3v) is 5.80. The third-order valence-electron chi connectivity index (χ3n) is 5.80.